The van der Waals surface area contributed by atoms with Crippen molar-refractivity contribution in [3.05, 3.63) is 59.7 Å². The molecule has 2 aromatic carbocycles. The highest BCUT2D eigenvalue weighted by Gasteiger charge is 2.44. The summed E-state index contributed by atoms with van der Waals surface area (Å²) in [6.07, 6.45) is 3.55. The molecule has 1 amide bonds. The quantitative estimate of drug-likeness (QED) is 0.528. The van der Waals surface area contributed by atoms with Crippen LogP contribution < -0.4 is 14.8 Å². The molecule has 0 atom stereocenters. The molecule has 2 saturated carbocycles. The zero-order chi connectivity index (χ0) is 22.8. The first kappa shape index (κ1) is 22.3. The van der Waals surface area contributed by atoms with Gasteiger partial charge in [-0.05, 0) is 49.4 Å². The Bertz CT molecular complexity index is 1110. The van der Waals surface area contributed by atoms with Crippen molar-refractivity contribution in [2.75, 3.05) is 20.3 Å². The molecular formula is C23H26N2O6S. The van der Waals surface area contributed by atoms with Gasteiger partial charge in [0, 0.05) is 18.0 Å². The molecule has 0 spiro atoms. The third kappa shape index (κ3) is 5.11. The number of hydrogen-bond donors (Lipinski definition) is 2. The number of rotatable bonds is 10. The maximum Gasteiger partial charge on any atom is 0.338 e. The van der Waals surface area contributed by atoms with Crippen molar-refractivity contribution < 1.29 is 27.5 Å². The van der Waals surface area contributed by atoms with E-state index in [0.717, 1.165) is 25.7 Å². The summed E-state index contributed by atoms with van der Waals surface area (Å²) >= 11 is 0. The lowest BCUT2D eigenvalue weighted by Gasteiger charge is -2.16. The predicted octanol–water partition coefficient (Wildman–Crippen LogP) is 2.14. The van der Waals surface area contributed by atoms with Crippen LogP contribution in [0.2, 0.25) is 0 Å². The van der Waals surface area contributed by atoms with Gasteiger partial charge in [-0.15, -0.1) is 0 Å². The van der Waals surface area contributed by atoms with E-state index in [1.807, 2.05) is 30.3 Å². The van der Waals surface area contributed by atoms with Crippen molar-refractivity contribution >= 4 is 21.9 Å². The number of esters is 1. The van der Waals surface area contributed by atoms with Gasteiger partial charge >= 0.3 is 5.97 Å². The van der Waals surface area contributed by atoms with E-state index < -0.39 is 28.5 Å². The van der Waals surface area contributed by atoms with E-state index in [0.29, 0.717) is 6.54 Å². The highest BCUT2D eigenvalue weighted by Crippen LogP contribution is 2.47. The van der Waals surface area contributed by atoms with Gasteiger partial charge in [0.25, 0.3) is 5.91 Å². The molecule has 0 radical (unpaired) electrons. The predicted molar refractivity (Wildman–Crippen MR) is 117 cm³/mol. The first-order valence-corrected chi connectivity index (χ1v) is 12.0. The van der Waals surface area contributed by atoms with Crippen LogP contribution in [0.1, 0.15) is 41.6 Å². The molecule has 0 bridgehead atoms. The minimum atomic E-state index is -3.83. The van der Waals surface area contributed by atoms with Crippen molar-refractivity contribution in [1.29, 1.82) is 0 Å². The van der Waals surface area contributed by atoms with Gasteiger partial charge in [-0.25, -0.2) is 17.9 Å². The van der Waals surface area contributed by atoms with Gasteiger partial charge in [-0.1, -0.05) is 30.3 Å². The summed E-state index contributed by atoms with van der Waals surface area (Å²) in [5.41, 5.74) is 1.16. The molecule has 0 aromatic heterocycles. The molecule has 9 heteroatoms. The molecule has 0 heterocycles. The fourth-order valence-electron chi connectivity index (χ4n) is 3.54. The maximum absolute atomic E-state index is 12.6. The highest BCUT2D eigenvalue weighted by molar-refractivity contribution is 7.89. The molecule has 2 aromatic rings. The Balaban J connectivity index is 1.34. The Morgan fingerprint density at radius 3 is 2.44 bits per heavy atom. The normalized spacial score (nSPS) is 16.8. The van der Waals surface area contributed by atoms with Gasteiger partial charge in [0.05, 0.1) is 12.7 Å². The van der Waals surface area contributed by atoms with Gasteiger partial charge < -0.3 is 14.8 Å². The van der Waals surface area contributed by atoms with Crippen molar-refractivity contribution in [1.82, 2.24) is 10.0 Å². The maximum atomic E-state index is 12.6. The van der Waals surface area contributed by atoms with Crippen molar-refractivity contribution in [3.8, 4) is 5.75 Å². The van der Waals surface area contributed by atoms with E-state index in [4.69, 9.17) is 9.47 Å². The first-order valence-electron chi connectivity index (χ1n) is 10.5. The van der Waals surface area contributed by atoms with Crippen LogP contribution >= 0.6 is 0 Å². The zero-order valence-electron chi connectivity index (χ0n) is 17.8. The second-order valence-corrected chi connectivity index (χ2v) is 9.94. The summed E-state index contributed by atoms with van der Waals surface area (Å²) < 4.78 is 38.0. The molecule has 0 aliphatic heterocycles. The number of hydrogen-bond acceptors (Lipinski definition) is 6. The number of sulfonamides is 1. The highest BCUT2D eigenvalue weighted by atomic mass is 32.2. The smallest absolute Gasteiger partial charge is 0.338 e. The number of carbonyl (C=O) groups excluding carboxylic acids is 2. The van der Waals surface area contributed by atoms with E-state index in [1.165, 1.54) is 30.9 Å². The Labute approximate surface area is 187 Å². The molecule has 2 aliphatic carbocycles. The molecule has 4 rings (SSSR count). The lowest BCUT2D eigenvalue weighted by Crippen LogP contribution is -2.35. The van der Waals surface area contributed by atoms with Crippen LogP contribution in [-0.2, 0) is 25.0 Å². The van der Waals surface area contributed by atoms with Gasteiger partial charge in [-0.2, -0.15) is 0 Å². The Hall–Kier alpha value is -2.91. The minimum Gasteiger partial charge on any atom is -0.495 e. The number of nitrogens with one attached hydrogen (secondary N) is 2. The van der Waals surface area contributed by atoms with E-state index in [1.54, 1.807) is 0 Å². The summed E-state index contributed by atoms with van der Waals surface area (Å²) in [4.78, 5) is 24.5. The molecule has 2 fully saturated rings. The lowest BCUT2D eigenvalue weighted by molar-refractivity contribution is -0.124. The second kappa shape index (κ2) is 8.91. The van der Waals surface area contributed by atoms with E-state index >= 15 is 0 Å². The van der Waals surface area contributed by atoms with Crippen molar-refractivity contribution in [2.45, 2.75) is 42.0 Å². The summed E-state index contributed by atoms with van der Waals surface area (Å²) in [5.74, 6) is -1.06. The van der Waals surface area contributed by atoms with Crippen molar-refractivity contribution in [2.24, 2.45) is 0 Å². The van der Waals surface area contributed by atoms with Crippen LogP contribution in [0.5, 0.6) is 5.75 Å². The topological polar surface area (TPSA) is 111 Å². The Morgan fingerprint density at radius 2 is 1.81 bits per heavy atom. The van der Waals surface area contributed by atoms with Gasteiger partial charge in [-0.3, -0.25) is 4.79 Å². The molecule has 32 heavy (non-hydrogen) atoms. The van der Waals surface area contributed by atoms with Gasteiger partial charge in [0.2, 0.25) is 10.0 Å². The van der Waals surface area contributed by atoms with E-state index in [9.17, 15) is 18.0 Å². The van der Waals surface area contributed by atoms with E-state index in [2.05, 4.69) is 10.0 Å². The van der Waals surface area contributed by atoms with Crippen LogP contribution in [0, 0.1) is 0 Å². The number of methoxy groups -OCH3 is 1. The average molecular weight is 459 g/mol. The van der Waals surface area contributed by atoms with E-state index in [-0.39, 0.29) is 27.7 Å². The van der Waals surface area contributed by atoms with Crippen LogP contribution in [0.25, 0.3) is 0 Å². The SMILES string of the molecule is COc1ccc(C(=O)OCC(=O)NCC2(c3ccccc3)CC2)cc1S(=O)(=O)NC1CC1. The molecule has 0 saturated heterocycles. The third-order valence-corrected chi connectivity index (χ3v) is 7.33. The van der Waals surface area contributed by atoms with Crippen LogP contribution in [0.4, 0.5) is 0 Å². The fourth-order valence-corrected chi connectivity index (χ4v) is 5.04. The average Bonchev–Trinajstić information content (AvgIpc) is 3.73. The summed E-state index contributed by atoms with van der Waals surface area (Å²) in [6, 6.07) is 13.9. The van der Waals surface area contributed by atoms with Crippen molar-refractivity contribution in [3.63, 3.8) is 0 Å². The third-order valence-electron chi connectivity index (χ3n) is 5.79. The molecule has 0 unspecified atom stereocenters. The largest absolute Gasteiger partial charge is 0.495 e. The summed E-state index contributed by atoms with van der Waals surface area (Å²) in [7, 11) is -2.48. The minimum absolute atomic E-state index is 0.0257. The molecule has 2 N–H and O–H groups in total. The molecule has 8 nitrogen and oxygen atoms in total. The Morgan fingerprint density at radius 1 is 1.09 bits per heavy atom. The molecule has 2 aliphatic rings. The van der Waals surface area contributed by atoms with Gasteiger partial charge in [0.15, 0.2) is 6.61 Å². The second-order valence-electron chi connectivity index (χ2n) is 8.26. The summed E-state index contributed by atoms with van der Waals surface area (Å²) in [5, 5.41) is 2.83. The number of benzene rings is 2. The molecular weight excluding hydrogens is 432 g/mol. The van der Waals surface area contributed by atoms with Crippen LogP contribution in [-0.4, -0.2) is 46.6 Å². The number of amides is 1. The Kier molecular flexibility index (Phi) is 6.21. The standard InChI is InChI=1S/C23H26N2O6S/c1-30-19-10-7-16(13-20(19)32(28,29)25-18-8-9-18)22(27)31-14-21(26)24-15-23(11-12-23)17-5-3-2-4-6-17/h2-7,10,13,18,25H,8-9,11-12,14-15H2,1H3,(H,24,26). The van der Waals surface area contributed by atoms with Crippen LogP contribution in [0.3, 0.4) is 0 Å². The number of carbonyl (C=O) groups is 2. The zero-order valence-corrected chi connectivity index (χ0v) is 18.6. The lowest BCUT2D eigenvalue weighted by atomic mass is 9.96. The summed E-state index contributed by atoms with van der Waals surface area (Å²) in [6.45, 7) is 0.0311. The monoisotopic (exact) mass is 458 g/mol. The molecule has 170 valence electrons. The van der Waals surface area contributed by atoms with Crippen LogP contribution in [0.15, 0.2) is 53.4 Å². The fraction of sp³-hybridized carbons (Fsp3) is 0.391. The van der Waals surface area contributed by atoms with Gasteiger partial charge in [0.1, 0.15) is 10.6 Å². The first-order chi connectivity index (χ1) is 15.3. The number of ether oxygens (including phenoxy) is 2.